The Hall–Kier alpha value is -4.30. The van der Waals surface area contributed by atoms with E-state index >= 15 is 0 Å². The number of para-hydroxylation sites is 1. The molecule has 4 aromatic rings. The lowest BCUT2D eigenvalue weighted by molar-refractivity contribution is -0.384. The normalized spacial score (nSPS) is 10.9. The number of halogens is 1. The summed E-state index contributed by atoms with van der Waals surface area (Å²) in [6.07, 6.45) is 3.44. The minimum Gasteiger partial charge on any atom is -0.273 e. The van der Waals surface area contributed by atoms with E-state index in [-0.39, 0.29) is 18.0 Å². The van der Waals surface area contributed by atoms with Crippen LogP contribution in [-0.2, 0) is 11.2 Å². The number of non-ortho nitro benzene ring substituents is 1. The van der Waals surface area contributed by atoms with Crippen molar-refractivity contribution in [2.45, 2.75) is 6.42 Å². The van der Waals surface area contributed by atoms with Gasteiger partial charge in [0.05, 0.1) is 23.2 Å². The Balaban J connectivity index is 1.57. The van der Waals surface area contributed by atoms with E-state index in [4.69, 9.17) is 11.6 Å². The number of nitrogens with one attached hydrogen (secondary N) is 1. The molecule has 0 radical (unpaired) electrons. The van der Waals surface area contributed by atoms with Gasteiger partial charge in [-0.3, -0.25) is 14.9 Å². The number of nitro benzene ring substituents is 1. The number of carbonyl (C=O) groups excluding carboxylic acids is 1. The minimum atomic E-state index is -0.453. The van der Waals surface area contributed by atoms with Crippen molar-refractivity contribution in [2.75, 3.05) is 0 Å². The largest absolute Gasteiger partial charge is 0.273 e. The van der Waals surface area contributed by atoms with Crippen molar-refractivity contribution in [1.29, 1.82) is 0 Å². The van der Waals surface area contributed by atoms with Crippen molar-refractivity contribution in [3.8, 4) is 16.9 Å². The van der Waals surface area contributed by atoms with Gasteiger partial charge in [-0.15, -0.1) is 0 Å². The maximum Gasteiger partial charge on any atom is 0.269 e. The average Bonchev–Trinajstić information content (AvgIpc) is 3.25. The third kappa shape index (κ3) is 5.50. The molecule has 0 aliphatic rings. The summed E-state index contributed by atoms with van der Waals surface area (Å²) in [5, 5.41) is 20.3. The van der Waals surface area contributed by atoms with Crippen LogP contribution in [0.25, 0.3) is 16.9 Å². The van der Waals surface area contributed by atoms with Crippen LogP contribution in [0.3, 0.4) is 0 Å². The standard InChI is InChI=1S/C24H18ClN5O3/c25-20-10-6-17(7-11-20)14-23(31)27-26-15-19-16-29(21-4-2-1-3-5-21)28-24(19)18-8-12-22(13-9-18)30(32)33/h1-13,15-16H,14H2,(H,27,31)/b26-15+. The number of hydrogen-bond donors (Lipinski definition) is 1. The molecule has 1 N–H and O–H groups in total. The first-order valence-electron chi connectivity index (χ1n) is 9.96. The molecule has 164 valence electrons. The molecule has 0 saturated heterocycles. The zero-order valence-electron chi connectivity index (χ0n) is 17.3. The second-order valence-electron chi connectivity index (χ2n) is 7.11. The van der Waals surface area contributed by atoms with E-state index in [1.165, 1.54) is 18.3 Å². The zero-order valence-corrected chi connectivity index (χ0v) is 18.0. The highest BCUT2D eigenvalue weighted by molar-refractivity contribution is 6.30. The quantitative estimate of drug-likeness (QED) is 0.244. The van der Waals surface area contributed by atoms with Crippen molar-refractivity contribution in [3.63, 3.8) is 0 Å². The molecule has 0 atom stereocenters. The van der Waals surface area contributed by atoms with Crippen LogP contribution in [0.2, 0.25) is 5.02 Å². The van der Waals surface area contributed by atoms with Crippen LogP contribution in [0.1, 0.15) is 11.1 Å². The Labute approximate surface area is 194 Å². The molecule has 1 aromatic heterocycles. The van der Waals surface area contributed by atoms with E-state index < -0.39 is 4.92 Å². The lowest BCUT2D eigenvalue weighted by atomic mass is 10.1. The van der Waals surface area contributed by atoms with Gasteiger partial charge in [-0.1, -0.05) is 41.9 Å². The third-order valence-electron chi connectivity index (χ3n) is 4.79. The van der Waals surface area contributed by atoms with Crippen LogP contribution in [0.15, 0.2) is 90.2 Å². The Morgan fingerprint density at radius 1 is 1.06 bits per heavy atom. The second-order valence-corrected chi connectivity index (χ2v) is 7.55. The molecule has 0 unspecified atom stereocenters. The molecule has 0 saturated carbocycles. The Morgan fingerprint density at radius 2 is 1.76 bits per heavy atom. The number of nitrogens with zero attached hydrogens (tertiary/aromatic N) is 4. The van der Waals surface area contributed by atoms with Crippen LogP contribution >= 0.6 is 11.6 Å². The first-order chi connectivity index (χ1) is 16.0. The number of amides is 1. The third-order valence-corrected chi connectivity index (χ3v) is 5.04. The summed E-state index contributed by atoms with van der Waals surface area (Å²) in [5.41, 5.74) is 6.06. The van der Waals surface area contributed by atoms with Gasteiger partial charge in [0.25, 0.3) is 5.69 Å². The van der Waals surface area contributed by atoms with Crippen molar-refractivity contribution in [1.82, 2.24) is 15.2 Å². The predicted octanol–water partition coefficient (Wildman–Crippen LogP) is 4.79. The summed E-state index contributed by atoms with van der Waals surface area (Å²) in [6.45, 7) is 0. The number of carbonyl (C=O) groups is 1. The van der Waals surface area contributed by atoms with Gasteiger partial charge in [0.1, 0.15) is 5.69 Å². The molecule has 9 heteroatoms. The number of rotatable bonds is 7. The highest BCUT2D eigenvalue weighted by Crippen LogP contribution is 2.25. The maximum atomic E-state index is 12.2. The highest BCUT2D eigenvalue weighted by Gasteiger charge is 2.13. The molecular weight excluding hydrogens is 442 g/mol. The van der Waals surface area contributed by atoms with E-state index in [2.05, 4.69) is 15.6 Å². The fraction of sp³-hybridized carbons (Fsp3) is 0.0417. The van der Waals surface area contributed by atoms with Crippen LogP contribution in [-0.4, -0.2) is 26.8 Å². The lowest BCUT2D eigenvalue weighted by Gasteiger charge is -2.01. The molecule has 8 nitrogen and oxygen atoms in total. The fourth-order valence-electron chi connectivity index (χ4n) is 3.16. The van der Waals surface area contributed by atoms with Crippen molar-refractivity contribution in [3.05, 3.63) is 111 Å². The van der Waals surface area contributed by atoms with Gasteiger partial charge in [-0.25, -0.2) is 10.1 Å². The molecule has 0 bridgehead atoms. The van der Waals surface area contributed by atoms with Gasteiger partial charge >= 0.3 is 0 Å². The van der Waals surface area contributed by atoms with E-state index in [1.54, 1.807) is 47.3 Å². The van der Waals surface area contributed by atoms with Gasteiger partial charge in [-0.2, -0.15) is 10.2 Å². The van der Waals surface area contributed by atoms with Gasteiger partial charge in [0.2, 0.25) is 5.91 Å². The SMILES string of the molecule is O=C(Cc1ccc(Cl)cc1)N/N=C/c1cn(-c2ccccc2)nc1-c1ccc([N+](=O)[O-])cc1. The maximum absolute atomic E-state index is 12.2. The number of hydrazone groups is 1. The van der Waals surface area contributed by atoms with Gasteiger partial charge in [-0.05, 0) is 42.0 Å². The smallest absolute Gasteiger partial charge is 0.269 e. The summed E-state index contributed by atoms with van der Waals surface area (Å²) >= 11 is 5.87. The monoisotopic (exact) mass is 459 g/mol. The summed E-state index contributed by atoms with van der Waals surface area (Å²) in [5.74, 6) is -0.277. The minimum absolute atomic E-state index is 0.00841. The van der Waals surface area contributed by atoms with Gasteiger partial charge in [0, 0.05) is 34.5 Å². The first kappa shape index (κ1) is 21.9. The van der Waals surface area contributed by atoms with Crippen LogP contribution in [0.4, 0.5) is 5.69 Å². The van der Waals surface area contributed by atoms with Crippen molar-refractivity contribution < 1.29 is 9.72 Å². The van der Waals surface area contributed by atoms with Crippen molar-refractivity contribution >= 4 is 29.4 Å². The molecule has 1 heterocycles. The number of hydrogen-bond acceptors (Lipinski definition) is 5. The summed E-state index contributed by atoms with van der Waals surface area (Å²) < 4.78 is 1.69. The van der Waals surface area contributed by atoms with Crippen LogP contribution in [0.5, 0.6) is 0 Å². The second kappa shape index (κ2) is 9.88. The molecular formula is C24H18ClN5O3. The Kier molecular flexibility index (Phi) is 6.56. The summed E-state index contributed by atoms with van der Waals surface area (Å²) in [7, 11) is 0. The number of benzene rings is 3. The van der Waals surface area contributed by atoms with E-state index in [9.17, 15) is 14.9 Å². The number of nitro groups is 1. The van der Waals surface area contributed by atoms with Gasteiger partial charge in [0.15, 0.2) is 0 Å². The molecule has 1 amide bonds. The van der Waals surface area contributed by atoms with E-state index in [0.29, 0.717) is 21.8 Å². The van der Waals surface area contributed by atoms with Gasteiger partial charge < -0.3 is 0 Å². The molecule has 0 fully saturated rings. The molecule has 0 aliphatic carbocycles. The van der Waals surface area contributed by atoms with Crippen molar-refractivity contribution in [2.24, 2.45) is 5.10 Å². The highest BCUT2D eigenvalue weighted by atomic mass is 35.5. The van der Waals surface area contributed by atoms with E-state index in [0.717, 1.165) is 11.3 Å². The average molecular weight is 460 g/mol. The molecule has 0 spiro atoms. The number of aromatic nitrogens is 2. The molecule has 0 aliphatic heterocycles. The molecule has 3 aromatic carbocycles. The molecule has 4 rings (SSSR count). The topological polar surface area (TPSA) is 102 Å². The predicted molar refractivity (Wildman–Crippen MR) is 127 cm³/mol. The zero-order chi connectivity index (χ0) is 23.2. The lowest BCUT2D eigenvalue weighted by Crippen LogP contribution is -2.19. The van der Waals surface area contributed by atoms with Crippen LogP contribution in [0, 0.1) is 10.1 Å². The molecule has 33 heavy (non-hydrogen) atoms. The van der Waals surface area contributed by atoms with E-state index in [1.807, 2.05) is 30.3 Å². The van der Waals surface area contributed by atoms with Crippen LogP contribution < -0.4 is 5.43 Å². The summed E-state index contributed by atoms with van der Waals surface area (Å²) in [4.78, 5) is 22.8. The Morgan fingerprint density at radius 3 is 2.42 bits per heavy atom. The Bertz CT molecular complexity index is 1300. The first-order valence-corrected chi connectivity index (χ1v) is 10.3. The summed E-state index contributed by atoms with van der Waals surface area (Å²) in [6, 6.07) is 22.6. The fourth-order valence-corrected chi connectivity index (χ4v) is 3.29.